The fraction of sp³-hybridized carbons (Fsp3) is 0.0952. The number of rotatable bonds is 3. The Morgan fingerprint density at radius 2 is 1.57 bits per heavy atom. The fourth-order valence-corrected chi connectivity index (χ4v) is 3.17. The maximum atomic E-state index is 13.2. The molecule has 0 radical (unpaired) electrons. The fourth-order valence-electron chi connectivity index (χ4n) is 3.17. The average molecular weight is 412 g/mol. The van der Waals surface area contributed by atoms with E-state index in [1.54, 1.807) is 30.3 Å². The van der Waals surface area contributed by atoms with Crippen molar-refractivity contribution in [2.75, 3.05) is 5.73 Å². The van der Waals surface area contributed by atoms with Gasteiger partial charge in [0, 0.05) is 0 Å². The zero-order valence-electron chi connectivity index (χ0n) is 15.4. The van der Waals surface area contributed by atoms with Gasteiger partial charge in [0.05, 0.1) is 23.2 Å². The number of nitrogen functional groups attached to an aromatic ring is 1. The van der Waals surface area contributed by atoms with E-state index in [2.05, 4.69) is 4.98 Å². The summed E-state index contributed by atoms with van der Waals surface area (Å²) in [5, 5.41) is 0.166. The molecule has 2 heterocycles. The van der Waals surface area contributed by atoms with Gasteiger partial charge in [-0.25, -0.2) is 14.3 Å². The molecule has 0 saturated heterocycles. The number of pyridine rings is 1. The lowest BCUT2D eigenvalue weighted by atomic mass is 10.1. The van der Waals surface area contributed by atoms with E-state index >= 15 is 0 Å². The summed E-state index contributed by atoms with van der Waals surface area (Å²) in [6.07, 6.45) is -4.47. The molecule has 4 aromatic rings. The highest BCUT2D eigenvalue weighted by Crippen LogP contribution is 2.29. The Hall–Kier alpha value is -3.88. The summed E-state index contributed by atoms with van der Waals surface area (Å²) < 4.78 is 40.6. The quantitative estimate of drug-likeness (QED) is 0.560. The normalized spacial score (nSPS) is 11.7. The minimum absolute atomic E-state index is 0.111. The maximum absolute atomic E-state index is 13.2. The minimum Gasteiger partial charge on any atom is -0.384 e. The first-order chi connectivity index (χ1) is 14.3. The van der Waals surface area contributed by atoms with Crippen LogP contribution < -0.4 is 17.0 Å². The first kappa shape index (κ1) is 19.4. The third kappa shape index (κ3) is 3.45. The Labute approximate surface area is 167 Å². The Morgan fingerprint density at radius 3 is 2.20 bits per heavy atom. The van der Waals surface area contributed by atoms with Crippen LogP contribution in [0.5, 0.6) is 0 Å². The predicted octanol–water partition coefficient (Wildman–Crippen LogP) is 3.20. The van der Waals surface area contributed by atoms with Gasteiger partial charge in [0.1, 0.15) is 5.82 Å². The Morgan fingerprint density at radius 1 is 0.900 bits per heavy atom. The van der Waals surface area contributed by atoms with Crippen molar-refractivity contribution in [1.82, 2.24) is 14.1 Å². The number of nitrogens with zero attached hydrogens (tertiary/aromatic N) is 3. The van der Waals surface area contributed by atoms with Gasteiger partial charge in [0.2, 0.25) is 0 Å². The number of hydrogen-bond donors (Lipinski definition) is 1. The molecule has 6 nitrogen and oxygen atoms in total. The molecule has 0 bridgehead atoms. The second-order valence-corrected chi connectivity index (χ2v) is 6.65. The summed E-state index contributed by atoms with van der Waals surface area (Å²) in [6.45, 7) is -0.192. The van der Waals surface area contributed by atoms with Gasteiger partial charge in [-0.15, -0.1) is 0 Å². The third-order valence-electron chi connectivity index (χ3n) is 4.64. The number of halogens is 3. The van der Waals surface area contributed by atoms with Gasteiger partial charge < -0.3 is 5.73 Å². The molecular formula is C21H15F3N4O2. The van der Waals surface area contributed by atoms with Gasteiger partial charge in [-0.2, -0.15) is 13.2 Å². The first-order valence-corrected chi connectivity index (χ1v) is 8.89. The number of aromatic nitrogens is 3. The van der Waals surface area contributed by atoms with Crippen LogP contribution in [0.2, 0.25) is 0 Å². The van der Waals surface area contributed by atoms with Crippen LogP contribution in [0.3, 0.4) is 0 Å². The van der Waals surface area contributed by atoms with E-state index in [4.69, 9.17) is 5.73 Å². The SMILES string of the molecule is Nc1ccc2c(=O)n(Cc3ccc(C(F)(F)F)cc3)c(=O)n(-c3ccccc3)c2n1. The van der Waals surface area contributed by atoms with Crippen molar-refractivity contribution in [3.63, 3.8) is 0 Å². The van der Waals surface area contributed by atoms with Crippen molar-refractivity contribution in [3.05, 3.63) is 98.7 Å². The third-order valence-corrected chi connectivity index (χ3v) is 4.64. The lowest BCUT2D eigenvalue weighted by Gasteiger charge is -2.14. The van der Waals surface area contributed by atoms with Crippen LogP contribution in [0.15, 0.2) is 76.3 Å². The van der Waals surface area contributed by atoms with Gasteiger partial charge in [0.25, 0.3) is 5.56 Å². The smallest absolute Gasteiger partial charge is 0.384 e. The highest BCUT2D eigenvalue weighted by Gasteiger charge is 2.30. The average Bonchev–Trinajstić information content (AvgIpc) is 2.71. The van der Waals surface area contributed by atoms with Crippen LogP contribution in [-0.2, 0) is 12.7 Å². The monoisotopic (exact) mass is 412 g/mol. The van der Waals surface area contributed by atoms with Crippen molar-refractivity contribution in [2.45, 2.75) is 12.7 Å². The zero-order chi connectivity index (χ0) is 21.5. The van der Waals surface area contributed by atoms with E-state index < -0.39 is 23.0 Å². The molecule has 2 N–H and O–H groups in total. The first-order valence-electron chi connectivity index (χ1n) is 8.89. The number of fused-ring (bicyclic) bond motifs is 1. The number of hydrogen-bond acceptors (Lipinski definition) is 4. The van der Waals surface area contributed by atoms with Gasteiger partial charge in [-0.1, -0.05) is 30.3 Å². The van der Waals surface area contributed by atoms with Crippen molar-refractivity contribution in [2.24, 2.45) is 0 Å². The van der Waals surface area contributed by atoms with Gasteiger partial charge in [-0.05, 0) is 42.0 Å². The van der Waals surface area contributed by atoms with Crippen molar-refractivity contribution in [3.8, 4) is 5.69 Å². The highest BCUT2D eigenvalue weighted by molar-refractivity contribution is 5.77. The summed E-state index contributed by atoms with van der Waals surface area (Å²) in [7, 11) is 0. The maximum Gasteiger partial charge on any atom is 0.416 e. The summed E-state index contributed by atoms with van der Waals surface area (Å²) in [6, 6.07) is 15.8. The topological polar surface area (TPSA) is 82.9 Å². The van der Waals surface area contributed by atoms with Crippen LogP contribution >= 0.6 is 0 Å². The second-order valence-electron chi connectivity index (χ2n) is 6.65. The van der Waals surface area contributed by atoms with E-state index in [9.17, 15) is 22.8 Å². The molecular weight excluding hydrogens is 397 g/mol. The molecule has 0 spiro atoms. The molecule has 152 valence electrons. The number of anilines is 1. The Kier molecular flexibility index (Phi) is 4.65. The number of para-hydroxylation sites is 1. The van der Waals surface area contributed by atoms with Crippen molar-refractivity contribution in [1.29, 1.82) is 0 Å². The standard InChI is InChI=1S/C21H15F3N4O2/c22-21(23,24)14-8-6-13(7-9-14)12-27-19(29)16-10-11-17(25)26-18(16)28(20(27)30)15-4-2-1-3-5-15/h1-11H,12H2,(H2,25,26). The summed E-state index contributed by atoms with van der Waals surface area (Å²) >= 11 is 0. The molecule has 0 aliphatic heterocycles. The van der Waals surface area contributed by atoms with Crippen molar-refractivity contribution >= 4 is 16.9 Å². The Balaban J connectivity index is 1.92. The lowest BCUT2D eigenvalue weighted by molar-refractivity contribution is -0.137. The zero-order valence-corrected chi connectivity index (χ0v) is 15.4. The number of benzene rings is 2. The minimum atomic E-state index is -4.47. The van der Waals surface area contributed by atoms with E-state index in [1.807, 2.05) is 0 Å². The molecule has 0 amide bonds. The molecule has 30 heavy (non-hydrogen) atoms. The molecule has 0 aliphatic rings. The molecule has 0 aliphatic carbocycles. The van der Waals surface area contributed by atoms with E-state index in [0.717, 1.165) is 16.7 Å². The molecule has 2 aromatic carbocycles. The second kappa shape index (κ2) is 7.18. The molecule has 0 atom stereocenters. The van der Waals surface area contributed by atoms with E-state index in [1.165, 1.54) is 28.8 Å². The number of alkyl halides is 3. The molecule has 4 rings (SSSR count). The Bertz CT molecular complexity index is 1340. The molecule has 0 unspecified atom stereocenters. The predicted molar refractivity (Wildman–Crippen MR) is 107 cm³/mol. The van der Waals surface area contributed by atoms with Crippen LogP contribution in [0.4, 0.5) is 19.0 Å². The van der Waals surface area contributed by atoms with E-state index in [0.29, 0.717) is 11.3 Å². The molecule has 0 saturated carbocycles. The summed E-state index contributed by atoms with van der Waals surface area (Å²) in [5.41, 5.74) is 4.64. The van der Waals surface area contributed by atoms with Gasteiger partial charge >= 0.3 is 11.9 Å². The van der Waals surface area contributed by atoms with Gasteiger partial charge in [0.15, 0.2) is 5.65 Å². The number of nitrogens with two attached hydrogens (primary N) is 1. The molecule has 9 heteroatoms. The van der Waals surface area contributed by atoms with Crippen LogP contribution in [0.25, 0.3) is 16.7 Å². The van der Waals surface area contributed by atoms with Crippen LogP contribution in [0.1, 0.15) is 11.1 Å². The molecule has 2 aromatic heterocycles. The van der Waals surface area contributed by atoms with Gasteiger partial charge in [-0.3, -0.25) is 9.36 Å². The van der Waals surface area contributed by atoms with Crippen LogP contribution in [-0.4, -0.2) is 14.1 Å². The molecule has 0 fully saturated rings. The van der Waals surface area contributed by atoms with Crippen molar-refractivity contribution < 1.29 is 13.2 Å². The highest BCUT2D eigenvalue weighted by atomic mass is 19.4. The lowest BCUT2D eigenvalue weighted by Crippen LogP contribution is -2.40. The van der Waals surface area contributed by atoms with Crippen LogP contribution in [0, 0.1) is 0 Å². The summed E-state index contributed by atoms with van der Waals surface area (Å²) in [4.78, 5) is 30.3. The van der Waals surface area contributed by atoms with E-state index in [-0.39, 0.29) is 23.4 Å². The summed E-state index contributed by atoms with van der Waals surface area (Å²) in [5.74, 6) is 0.145. The largest absolute Gasteiger partial charge is 0.416 e.